The van der Waals surface area contributed by atoms with Crippen molar-refractivity contribution in [2.45, 2.75) is 13.8 Å². The van der Waals surface area contributed by atoms with E-state index in [1.54, 1.807) is 18.2 Å². The number of hydrogen-bond donors (Lipinski definition) is 0. The largest absolute Gasteiger partial charge is 0.289 e. The van der Waals surface area contributed by atoms with Gasteiger partial charge in [-0.25, -0.2) is 4.98 Å². The van der Waals surface area contributed by atoms with Gasteiger partial charge in [0, 0.05) is 11.8 Å². The van der Waals surface area contributed by atoms with Crippen LogP contribution in [0.1, 0.15) is 24.2 Å². The molecule has 0 aromatic carbocycles. The number of allylic oxidation sites excluding steroid dienone is 2. The number of carbonyl (C=O) groups excluding carboxylic acids is 1. The summed E-state index contributed by atoms with van der Waals surface area (Å²) in [6.07, 6.45) is 3.05. The van der Waals surface area contributed by atoms with E-state index in [0.29, 0.717) is 10.7 Å². The summed E-state index contributed by atoms with van der Waals surface area (Å²) in [7, 11) is 0. The van der Waals surface area contributed by atoms with Crippen LogP contribution in [0.3, 0.4) is 0 Å². The summed E-state index contributed by atoms with van der Waals surface area (Å²) in [6.45, 7) is 3.75. The molecule has 0 radical (unpaired) electrons. The van der Waals surface area contributed by atoms with Gasteiger partial charge >= 0.3 is 0 Å². The Morgan fingerprint density at radius 2 is 2.15 bits per heavy atom. The second kappa shape index (κ2) is 4.19. The molecule has 0 bridgehead atoms. The number of ketones is 1. The van der Waals surface area contributed by atoms with Crippen LogP contribution in [0.25, 0.3) is 0 Å². The van der Waals surface area contributed by atoms with E-state index < -0.39 is 0 Å². The Balaban J connectivity index is 2.90. The molecule has 0 fully saturated rings. The van der Waals surface area contributed by atoms with Crippen LogP contribution in [0.5, 0.6) is 0 Å². The molecule has 0 saturated carbocycles. The van der Waals surface area contributed by atoms with Gasteiger partial charge in [-0.2, -0.15) is 0 Å². The molecule has 13 heavy (non-hydrogen) atoms. The maximum Gasteiger partial charge on any atom is 0.187 e. The third-order valence-electron chi connectivity index (χ3n) is 1.43. The summed E-state index contributed by atoms with van der Waals surface area (Å²) in [5.74, 6) is -0.0378. The van der Waals surface area contributed by atoms with Gasteiger partial charge in [-0.1, -0.05) is 17.2 Å². The van der Waals surface area contributed by atoms with Crippen LogP contribution < -0.4 is 0 Å². The molecule has 3 heteroatoms. The van der Waals surface area contributed by atoms with Gasteiger partial charge in [0.15, 0.2) is 5.78 Å². The maximum absolute atomic E-state index is 11.4. The molecule has 0 amide bonds. The average Bonchev–Trinajstić information content (AvgIpc) is 2.04. The minimum atomic E-state index is -0.0378. The molecule has 0 aliphatic heterocycles. The van der Waals surface area contributed by atoms with Gasteiger partial charge in [-0.3, -0.25) is 4.79 Å². The third kappa shape index (κ3) is 2.99. The Labute approximate surface area is 82.3 Å². The van der Waals surface area contributed by atoms with Crippen molar-refractivity contribution in [1.82, 2.24) is 4.98 Å². The van der Waals surface area contributed by atoms with Gasteiger partial charge in [0.05, 0.1) is 0 Å². The number of carbonyl (C=O) groups is 1. The summed E-state index contributed by atoms with van der Waals surface area (Å²) in [4.78, 5) is 15.2. The van der Waals surface area contributed by atoms with E-state index in [1.807, 2.05) is 13.8 Å². The van der Waals surface area contributed by atoms with Crippen molar-refractivity contribution in [3.63, 3.8) is 0 Å². The SMILES string of the molecule is CC(C)=CC(=O)c1ccc(Cl)nc1. The van der Waals surface area contributed by atoms with Crippen molar-refractivity contribution in [1.29, 1.82) is 0 Å². The Kier molecular flexibility index (Phi) is 3.20. The summed E-state index contributed by atoms with van der Waals surface area (Å²) < 4.78 is 0. The first-order chi connectivity index (χ1) is 6.09. The molecule has 1 rings (SSSR count). The summed E-state index contributed by atoms with van der Waals surface area (Å²) in [5, 5.41) is 0.397. The standard InChI is InChI=1S/C10H10ClNO/c1-7(2)5-9(13)8-3-4-10(11)12-6-8/h3-6H,1-2H3. The smallest absolute Gasteiger partial charge is 0.187 e. The molecule has 0 aliphatic carbocycles. The summed E-state index contributed by atoms with van der Waals surface area (Å²) >= 11 is 5.58. The average molecular weight is 196 g/mol. The fraction of sp³-hybridized carbons (Fsp3) is 0.200. The number of rotatable bonds is 2. The highest BCUT2D eigenvalue weighted by Gasteiger charge is 2.01. The molecule has 0 N–H and O–H groups in total. The van der Waals surface area contributed by atoms with Gasteiger partial charge in [0.25, 0.3) is 0 Å². The van der Waals surface area contributed by atoms with Gasteiger partial charge < -0.3 is 0 Å². The monoisotopic (exact) mass is 195 g/mol. The molecular weight excluding hydrogens is 186 g/mol. The van der Waals surface area contributed by atoms with E-state index in [2.05, 4.69) is 4.98 Å². The lowest BCUT2D eigenvalue weighted by atomic mass is 10.1. The maximum atomic E-state index is 11.4. The zero-order valence-electron chi connectivity index (χ0n) is 7.54. The number of halogens is 1. The highest BCUT2D eigenvalue weighted by Crippen LogP contribution is 2.07. The zero-order valence-corrected chi connectivity index (χ0v) is 8.30. The van der Waals surface area contributed by atoms with Crippen LogP contribution in [0, 0.1) is 0 Å². The Morgan fingerprint density at radius 3 is 2.62 bits per heavy atom. The number of hydrogen-bond acceptors (Lipinski definition) is 2. The number of aromatic nitrogens is 1. The first-order valence-electron chi connectivity index (χ1n) is 3.90. The molecular formula is C10H10ClNO. The van der Waals surface area contributed by atoms with E-state index in [1.165, 1.54) is 6.20 Å². The first kappa shape index (κ1) is 9.93. The van der Waals surface area contributed by atoms with E-state index in [9.17, 15) is 4.79 Å². The summed E-state index contributed by atoms with van der Waals surface area (Å²) in [6, 6.07) is 3.27. The Morgan fingerprint density at radius 1 is 1.46 bits per heavy atom. The van der Waals surface area contributed by atoms with Crippen molar-refractivity contribution in [2.24, 2.45) is 0 Å². The zero-order chi connectivity index (χ0) is 9.84. The molecule has 0 atom stereocenters. The minimum Gasteiger partial charge on any atom is -0.289 e. The normalized spacial score (nSPS) is 9.46. The van der Waals surface area contributed by atoms with Crippen LogP contribution in [-0.2, 0) is 0 Å². The van der Waals surface area contributed by atoms with Gasteiger partial charge in [-0.15, -0.1) is 0 Å². The lowest BCUT2D eigenvalue weighted by molar-refractivity contribution is 0.104. The molecule has 0 saturated heterocycles. The van der Waals surface area contributed by atoms with Crippen molar-refractivity contribution >= 4 is 17.4 Å². The lowest BCUT2D eigenvalue weighted by Crippen LogP contribution is -1.95. The van der Waals surface area contributed by atoms with Gasteiger partial charge in [-0.05, 0) is 32.1 Å². The molecule has 1 aromatic rings. The number of nitrogens with zero attached hydrogens (tertiary/aromatic N) is 1. The van der Waals surface area contributed by atoms with E-state index in [-0.39, 0.29) is 5.78 Å². The number of pyridine rings is 1. The highest BCUT2D eigenvalue weighted by atomic mass is 35.5. The quantitative estimate of drug-likeness (QED) is 0.413. The molecule has 1 aromatic heterocycles. The van der Waals surface area contributed by atoms with Gasteiger partial charge in [0.2, 0.25) is 0 Å². The van der Waals surface area contributed by atoms with E-state index >= 15 is 0 Å². The molecule has 2 nitrogen and oxygen atoms in total. The van der Waals surface area contributed by atoms with Crippen LogP contribution in [-0.4, -0.2) is 10.8 Å². The summed E-state index contributed by atoms with van der Waals surface area (Å²) in [5.41, 5.74) is 1.53. The Bertz CT molecular complexity index is 336. The van der Waals surface area contributed by atoms with Crippen molar-refractivity contribution in [2.75, 3.05) is 0 Å². The van der Waals surface area contributed by atoms with Crippen LogP contribution >= 0.6 is 11.6 Å². The first-order valence-corrected chi connectivity index (χ1v) is 4.28. The van der Waals surface area contributed by atoms with Crippen LogP contribution in [0.15, 0.2) is 30.0 Å². The highest BCUT2D eigenvalue weighted by molar-refractivity contribution is 6.29. The second-order valence-electron chi connectivity index (χ2n) is 2.96. The van der Waals surface area contributed by atoms with Crippen molar-refractivity contribution in [3.05, 3.63) is 40.7 Å². The van der Waals surface area contributed by atoms with Crippen molar-refractivity contribution in [3.8, 4) is 0 Å². The van der Waals surface area contributed by atoms with Gasteiger partial charge in [0.1, 0.15) is 5.15 Å². The Hall–Kier alpha value is -1.15. The molecule has 0 spiro atoms. The van der Waals surface area contributed by atoms with Crippen LogP contribution in [0.2, 0.25) is 5.15 Å². The van der Waals surface area contributed by atoms with Crippen molar-refractivity contribution < 1.29 is 4.79 Å². The fourth-order valence-corrected chi connectivity index (χ4v) is 0.979. The molecule has 1 heterocycles. The predicted molar refractivity (Wildman–Crippen MR) is 53.0 cm³/mol. The third-order valence-corrected chi connectivity index (χ3v) is 1.66. The molecule has 0 aliphatic rings. The fourth-order valence-electron chi connectivity index (χ4n) is 0.867. The predicted octanol–water partition coefficient (Wildman–Crippen LogP) is 2.88. The minimum absolute atomic E-state index is 0.0378. The molecule has 68 valence electrons. The van der Waals surface area contributed by atoms with E-state index in [4.69, 9.17) is 11.6 Å². The topological polar surface area (TPSA) is 30.0 Å². The second-order valence-corrected chi connectivity index (χ2v) is 3.34. The molecule has 0 unspecified atom stereocenters. The lowest BCUT2D eigenvalue weighted by Gasteiger charge is -1.95. The van der Waals surface area contributed by atoms with E-state index in [0.717, 1.165) is 5.57 Å². The van der Waals surface area contributed by atoms with Crippen LogP contribution in [0.4, 0.5) is 0 Å².